The molecule has 0 radical (unpaired) electrons. The van der Waals surface area contributed by atoms with Crippen LogP contribution in [0.4, 0.5) is 0 Å². The number of amides is 1. The minimum atomic E-state index is -1.64. The van der Waals surface area contributed by atoms with Crippen LogP contribution in [0.15, 0.2) is 0 Å². The number of terminal acetylenes is 1. The number of hydrogen-bond acceptors (Lipinski definition) is 10. The van der Waals surface area contributed by atoms with Crippen LogP contribution in [0.3, 0.4) is 0 Å². The first kappa shape index (κ1) is 44.4. The number of nitrogens with one attached hydrogen (secondary N) is 1. The van der Waals surface area contributed by atoms with Gasteiger partial charge in [-0.25, -0.2) is 0 Å². The normalized spacial score (nSPS) is 20.6. The Hall–Kier alpha value is -5.73. The number of ether oxygens (including phenoxy) is 3. The Kier molecular flexibility index (Phi) is 22.9. The fourth-order valence-electron chi connectivity index (χ4n) is 4.99. The minimum Gasteiger partial charge on any atom is -0.390 e. The molecule has 0 bridgehead atoms. The van der Waals surface area contributed by atoms with Crippen LogP contribution in [0, 0.1) is 137 Å². The van der Waals surface area contributed by atoms with Gasteiger partial charge in [0.05, 0.1) is 31.8 Å². The lowest BCUT2D eigenvalue weighted by Gasteiger charge is -2.40. The van der Waals surface area contributed by atoms with Crippen LogP contribution in [-0.4, -0.2) is 107 Å². The average molecular weight is 773 g/mol. The van der Waals surface area contributed by atoms with Crippen LogP contribution in [0.25, 0.3) is 0 Å². The maximum absolute atomic E-state index is 12.8. The molecule has 0 aromatic heterocycles. The van der Waals surface area contributed by atoms with E-state index in [9.17, 15) is 30.3 Å². The standard InChI is InChI=1S/C43H40N2O9.22H2/c1-2-3-4-5-6-7-8-9-10-11-12-13-14-15-16-17-18-19-20-21-22-28-38(47)45-35(39(48)36(46)31-34-26-23-24-27-34)32-53-43-42(51)41(50)40(49)37(54-43)33-52-30-25-29-44;;;;;;;;;;;;;;;;;;;;;;/h1,34-37,39-43,46,48-51H,23-33,44H2,(H,45,47);22*1H/t35-,36+,37?,39-,40-,41-,42?,43-;;;;;;;;;;;;;;;;;;;;;;/m0....................../s1. The molecule has 2 rings (SSSR count). The van der Waals surface area contributed by atoms with Crippen molar-refractivity contribution in [3.05, 3.63) is 0 Å². The summed E-state index contributed by atoms with van der Waals surface area (Å²) in [4.78, 5) is 12.8. The highest BCUT2D eigenvalue weighted by Crippen LogP contribution is 2.30. The molecule has 1 amide bonds. The lowest BCUT2D eigenvalue weighted by Crippen LogP contribution is -2.60. The Morgan fingerprint density at radius 1 is 0.796 bits per heavy atom. The highest BCUT2D eigenvalue weighted by atomic mass is 16.7. The quantitative estimate of drug-likeness (QED) is 0.102. The van der Waals surface area contributed by atoms with E-state index in [2.05, 4.69) is 130 Å². The van der Waals surface area contributed by atoms with Gasteiger partial charge in [-0.15, -0.1) is 6.42 Å². The van der Waals surface area contributed by atoms with Gasteiger partial charge in [-0.1, -0.05) is 31.6 Å². The van der Waals surface area contributed by atoms with Crippen molar-refractivity contribution in [1.29, 1.82) is 0 Å². The van der Waals surface area contributed by atoms with Crippen molar-refractivity contribution in [2.24, 2.45) is 11.7 Å². The minimum absolute atomic E-state index is 0. The van der Waals surface area contributed by atoms with Crippen LogP contribution >= 0.6 is 0 Å². The molecule has 1 aliphatic heterocycles. The first-order valence-corrected chi connectivity index (χ1v) is 17.0. The maximum atomic E-state index is 12.8. The van der Waals surface area contributed by atoms with E-state index in [-0.39, 0.29) is 50.3 Å². The first-order valence-electron chi connectivity index (χ1n) is 17.0. The second-order valence-electron chi connectivity index (χ2n) is 11.6. The maximum Gasteiger partial charge on any atom is 0.232 e. The lowest BCUT2D eigenvalue weighted by molar-refractivity contribution is -0.304. The SMILES string of the molecule is C#CC#CC#CC#CC#CC#CC#CC#CC#CC#CC#CCC(=O)N[C@@H](CO[C@H]1OC(COCCCN)[C@H](O)[C@H](O)C1O)[C@H](O)[C@H](O)CC1CCCC1.[HH].[HH].[HH].[HH].[HH].[HH].[HH].[HH].[HH].[HH].[HH].[HH].[HH].[HH].[HH].[HH].[HH].[HH].[HH].[HH].[HH].[HH]. The van der Waals surface area contributed by atoms with E-state index >= 15 is 0 Å². The third-order valence-electron chi connectivity index (χ3n) is 7.62. The van der Waals surface area contributed by atoms with Crippen molar-refractivity contribution in [2.75, 3.05) is 26.4 Å². The number of carbonyl (C=O) groups is 1. The number of aliphatic hydroxyl groups excluding tert-OH is 5. The monoisotopic (exact) mass is 773 g/mol. The van der Waals surface area contributed by atoms with Crippen molar-refractivity contribution in [1.82, 2.24) is 5.32 Å². The Morgan fingerprint density at radius 2 is 1.31 bits per heavy atom. The van der Waals surface area contributed by atoms with E-state index in [0.717, 1.165) is 25.7 Å². The number of rotatable bonds is 14. The summed E-state index contributed by atoms with van der Waals surface area (Å²) in [7, 11) is 0. The summed E-state index contributed by atoms with van der Waals surface area (Å²) in [6.45, 7) is 0.195. The summed E-state index contributed by atoms with van der Waals surface area (Å²) in [6.07, 6.45) is -0.280. The molecule has 2 fully saturated rings. The van der Waals surface area contributed by atoms with Crippen molar-refractivity contribution in [3.8, 4) is 131 Å². The molecule has 1 saturated heterocycles. The third-order valence-corrected chi connectivity index (χ3v) is 7.62. The molecule has 2 aliphatic rings. The largest absolute Gasteiger partial charge is 0.390 e. The van der Waals surface area contributed by atoms with E-state index in [0.29, 0.717) is 26.0 Å². The van der Waals surface area contributed by atoms with Gasteiger partial charge < -0.3 is 50.8 Å². The number of nitrogens with two attached hydrogens (primary N) is 1. The van der Waals surface area contributed by atoms with E-state index in [1.54, 1.807) is 0 Å². The van der Waals surface area contributed by atoms with Crippen LogP contribution < -0.4 is 11.1 Å². The highest BCUT2D eigenvalue weighted by molar-refractivity contribution is 5.79. The average Bonchev–Trinajstić information content (AvgIpc) is 3.68. The lowest BCUT2D eigenvalue weighted by atomic mass is 9.94. The Balaban J connectivity index is -0.0000000724. The molecule has 320 valence electrons. The Labute approximate surface area is 350 Å². The van der Waals surface area contributed by atoms with E-state index in [1.807, 2.05) is 0 Å². The molecular formula is C43H84N2O9. The van der Waals surface area contributed by atoms with Gasteiger partial charge in [0, 0.05) is 61.7 Å². The van der Waals surface area contributed by atoms with Gasteiger partial charge in [0.15, 0.2) is 6.29 Å². The zero-order chi connectivity index (χ0) is 39.2. The summed E-state index contributed by atoms with van der Waals surface area (Å²) in [5.74, 6) is 51.1. The van der Waals surface area contributed by atoms with Crippen LogP contribution in [0.1, 0.15) is 76.3 Å². The predicted octanol–water partition coefficient (Wildman–Crippen LogP) is 3.43. The van der Waals surface area contributed by atoms with Crippen LogP contribution in [-0.2, 0) is 19.0 Å². The smallest absolute Gasteiger partial charge is 0.232 e. The molecule has 0 spiro atoms. The van der Waals surface area contributed by atoms with Crippen molar-refractivity contribution in [2.45, 2.75) is 93.9 Å². The second-order valence-corrected chi connectivity index (χ2v) is 11.6. The summed E-state index contributed by atoms with van der Waals surface area (Å²) < 4.78 is 16.8. The predicted molar refractivity (Wildman–Crippen MR) is 245 cm³/mol. The van der Waals surface area contributed by atoms with E-state index in [4.69, 9.17) is 26.4 Å². The van der Waals surface area contributed by atoms with Crippen molar-refractivity contribution < 1.29 is 75.9 Å². The van der Waals surface area contributed by atoms with Crippen molar-refractivity contribution in [3.63, 3.8) is 0 Å². The molecule has 8 atom stereocenters. The second kappa shape index (κ2) is 27.9. The highest BCUT2D eigenvalue weighted by Gasteiger charge is 2.45. The number of hydrogen-bond donors (Lipinski definition) is 7. The Bertz CT molecular complexity index is 2020. The topological polar surface area (TPSA) is 184 Å². The zero-order valence-electron chi connectivity index (χ0n) is 29.5. The molecule has 1 saturated carbocycles. The summed E-state index contributed by atoms with van der Waals surface area (Å²) >= 11 is 0. The number of aliphatic hydroxyl groups is 5. The van der Waals surface area contributed by atoms with E-state index in [1.165, 1.54) is 0 Å². The first-order chi connectivity index (χ1) is 26.3. The van der Waals surface area contributed by atoms with Crippen LogP contribution in [0.5, 0.6) is 0 Å². The molecule has 0 aromatic carbocycles. The molecule has 0 aromatic rings. The molecular weight excluding hydrogens is 688 g/mol. The van der Waals surface area contributed by atoms with Gasteiger partial charge >= 0.3 is 0 Å². The molecule has 1 heterocycles. The van der Waals surface area contributed by atoms with Gasteiger partial charge in [-0.2, -0.15) is 0 Å². The third kappa shape index (κ3) is 18.7. The van der Waals surface area contributed by atoms with Crippen LogP contribution in [0.2, 0.25) is 0 Å². The zero-order valence-corrected chi connectivity index (χ0v) is 29.5. The summed E-state index contributed by atoms with van der Waals surface area (Å²) in [5.41, 5.74) is 5.47. The summed E-state index contributed by atoms with van der Waals surface area (Å²) in [6, 6.07) is -1.14. The van der Waals surface area contributed by atoms with Gasteiger partial charge in [-0.3, -0.25) is 4.79 Å². The Morgan fingerprint density at radius 3 is 1.83 bits per heavy atom. The van der Waals surface area contributed by atoms with Gasteiger partial charge in [-0.05, 0) is 120 Å². The molecule has 8 N–H and O–H groups in total. The number of carbonyl (C=O) groups excluding carboxylic acids is 1. The molecule has 1 aliphatic carbocycles. The molecule has 54 heavy (non-hydrogen) atoms. The molecule has 11 nitrogen and oxygen atoms in total. The van der Waals surface area contributed by atoms with E-state index < -0.39 is 61.5 Å². The fraction of sp³-hybridized carbons (Fsp3) is 0.465. The summed E-state index contributed by atoms with van der Waals surface area (Å²) in [5, 5.41) is 55.8. The molecule has 11 heteroatoms. The fourth-order valence-corrected chi connectivity index (χ4v) is 4.99. The van der Waals surface area contributed by atoms with Gasteiger partial charge in [0.2, 0.25) is 5.91 Å². The molecule has 2 unspecified atom stereocenters. The van der Waals surface area contributed by atoms with Gasteiger partial charge in [0.1, 0.15) is 30.5 Å². The van der Waals surface area contributed by atoms with Crippen molar-refractivity contribution >= 4 is 5.91 Å². The van der Waals surface area contributed by atoms with Gasteiger partial charge in [0.25, 0.3) is 0 Å².